The van der Waals surface area contributed by atoms with E-state index in [1.54, 1.807) is 17.5 Å². The van der Waals surface area contributed by atoms with Gasteiger partial charge >= 0.3 is 201 Å². The van der Waals surface area contributed by atoms with E-state index in [-0.39, 0.29) is 16.0 Å². The van der Waals surface area contributed by atoms with E-state index in [1.165, 1.54) is 22.9 Å². The molecule has 1 unspecified atom stereocenters. The number of amides is 1. The van der Waals surface area contributed by atoms with E-state index in [2.05, 4.69) is 20.1 Å². The van der Waals surface area contributed by atoms with Crippen LogP contribution in [0.5, 0.6) is 0 Å². The molecule has 0 aliphatic rings. The van der Waals surface area contributed by atoms with Gasteiger partial charge in [-0.3, -0.25) is 0 Å². The second-order valence-electron chi connectivity index (χ2n) is 7.18. The molecule has 0 fully saturated rings. The summed E-state index contributed by atoms with van der Waals surface area (Å²) >= 11 is -0.709. The molecule has 1 atom stereocenters. The number of anilines is 1. The van der Waals surface area contributed by atoms with Crippen molar-refractivity contribution in [2.45, 2.75) is 23.5 Å². The van der Waals surface area contributed by atoms with Crippen molar-refractivity contribution in [2.75, 3.05) is 5.32 Å². The van der Waals surface area contributed by atoms with E-state index in [1.807, 2.05) is 37.3 Å². The topological polar surface area (TPSA) is 88.0 Å². The minimum absolute atomic E-state index is 0.0719. The fraction of sp³-hybridized carbons (Fsp3) is 0.182. The zero-order valence-corrected chi connectivity index (χ0v) is 20.5. The van der Waals surface area contributed by atoms with Crippen LogP contribution in [0, 0.1) is 0 Å². The molecular weight excluding hydrogens is 532 g/mol. The molecule has 34 heavy (non-hydrogen) atoms. The predicted molar refractivity (Wildman–Crippen MR) is 123 cm³/mol. The monoisotopic (exact) mass is 551 g/mol. The second kappa shape index (κ2) is 9.98. The fourth-order valence-electron chi connectivity index (χ4n) is 3.24. The molecule has 0 spiro atoms. The van der Waals surface area contributed by atoms with Crippen molar-refractivity contribution < 1.29 is 32.3 Å². The number of imidazole rings is 1. The fourth-order valence-corrected chi connectivity index (χ4v) is 7.12. The number of carbonyl (C=O) groups is 2. The van der Waals surface area contributed by atoms with Gasteiger partial charge in [-0.1, -0.05) is 0 Å². The number of halogens is 3. The summed E-state index contributed by atoms with van der Waals surface area (Å²) in [5, 5.41) is 5.93. The number of aromatic nitrogens is 3. The number of alkyl halides is 3. The van der Waals surface area contributed by atoms with Gasteiger partial charge in [0.05, 0.1) is 0 Å². The van der Waals surface area contributed by atoms with Crippen molar-refractivity contribution in [3.63, 3.8) is 0 Å². The van der Waals surface area contributed by atoms with Crippen LogP contribution in [0.2, 0.25) is 5.21 Å². The molecule has 2 heterocycles. The molecule has 0 saturated carbocycles. The summed E-state index contributed by atoms with van der Waals surface area (Å²) in [4.78, 5) is 36.3. The van der Waals surface area contributed by atoms with Crippen molar-refractivity contribution in [2.24, 2.45) is 0 Å². The molecule has 2 aromatic carbocycles. The summed E-state index contributed by atoms with van der Waals surface area (Å²) in [6, 6.07) is 14.4. The normalized spacial score (nSPS) is 12.5. The van der Waals surface area contributed by atoms with Crippen LogP contribution in [0.25, 0.3) is 22.6 Å². The maximum absolute atomic E-state index is 13.0. The van der Waals surface area contributed by atoms with E-state index in [9.17, 15) is 22.8 Å². The summed E-state index contributed by atoms with van der Waals surface area (Å²) in [7, 11) is 0. The molecule has 0 radical (unpaired) electrons. The van der Waals surface area contributed by atoms with E-state index in [0.717, 1.165) is 15.5 Å². The first kappa shape index (κ1) is 24.0. The summed E-state index contributed by atoms with van der Waals surface area (Å²) < 4.78 is 39.4. The minimum atomic E-state index is -5.18. The standard InChI is InChI=1S/C22H18AsF3N4O3S/c1-2-23(11-14-6-4-3-5-7-14)21(32)28-15-8-9-16-18(10-15)30(33-20(31)22(24,25)26)19(29-16)17-12-34-13-27-17/h3-10,12-13H,2,11H2,1H3,(H,28,32)/p+1. The number of carbonyl (C=O) groups excluding carboxylic acids is 2. The Morgan fingerprint density at radius 3 is 2.62 bits per heavy atom. The molecule has 12 heteroatoms. The number of fused-ring (bicyclic) bond motifs is 1. The number of thiazole rings is 1. The Hall–Kier alpha value is -3.17. The van der Waals surface area contributed by atoms with Gasteiger partial charge in [-0.2, -0.15) is 0 Å². The Morgan fingerprint density at radius 2 is 1.97 bits per heavy atom. The van der Waals surface area contributed by atoms with Gasteiger partial charge in [-0.05, 0) is 0 Å². The van der Waals surface area contributed by atoms with E-state index in [4.69, 9.17) is 0 Å². The number of benzene rings is 2. The summed E-state index contributed by atoms with van der Waals surface area (Å²) in [6.07, 6.45) is -5.18. The number of hydrogen-bond donors (Lipinski definition) is 2. The van der Waals surface area contributed by atoms with Crippen LogP contribution >= 0.6 is 11.3 Å². The zero-order valence-electron chi connectivity index (χ0n) is 17.8. The van der Waals surface area contributed by atoms with Gasteiger partial charge in [0.15, 0.2) is 0 Å². The molecule has 0 saturated heterocycles. The zero-order chi connectivity index (χ0) is 24.3. The third-order valence-electron chi connectivity index (χ3n) is 4.89. The first-order chi connectivity index (χ1) is 16.3. The van der Waals surface area contributed by atoms with Crippen molar-refractivity contribution >= 4 is 53.4 Å². The second-order valence-corrected chi connectivity index (χ2v) is 13.0. The Morgan fingerprint density at radius 1 is 1.21 bits per heavy atom. The SMILES string of the molecule is CC[As](Cc1ccccc1)C(=O)Nc1ccc2[nH]c(-c3cscn3)[n+](OC(=O)C(F)(F)F)c2c1. The van der Waals surface area contributed by atoms with Gasteiger partial charge < -0.3 is 0 Å². The Kier molecular flexibility index (Phi) is 7.04. The first-order valence-electron chi connectivity index (χ1n) is 10.1. The average molecular weight is 551 g/mol. The van der Waals surface area contributed by atoms with Crippen LogP contribution in [0.1, 0.15) is 12.5 Å². The summed E-state index contributed by atoms with van der Waals surface area (Å²) in [5.41, 5.74) is 3.85. The average Bonchev–Trinajstić information content (AvgIpc) is 3.46. The van der Waals surface area contributed by atoms with Crippen LogP contribution in [0.3, 0.4) is 0 Å². The third-order valence-corrected chi connectivity index (χ3v) is 10.1. The maximum atomic E-state index is 13.0. The number of nitrogens with one attached hydrogen (secondary N) is 2. The van der Waals surface area contributed by atoms with Gasteiger partial charge in [0, 0.05) is 0 Å². The van der Waals surface area contributed by atoms with Gasteiger partial charge in [0.2, 0.25) is 0 Å². The molecule has 1 amide bonds. The molecule has 2 N–H and O–H groups in total. The molecule has 4 aromatic rings. The van der Waals surface area contributed by atoms with Crippen LogP contribution < -0.4 is 14.9 Å². The van der Waals surface area contributed by atoms with Gasteiger partial charge in [-0.15, -0.1) is 0 Å². The molecule has 0 aliphatic heterocycles. The van der Waals surface area contributed by atoms with E-state index >= 15 is 0 Å². The van der Waals surface area contributed by atoms with Crippen LogP contribution in [0.15, 0.2) is 59.4 Å². The summed E-state index contributed by atoms with van der Waals surface area (Å²) in [6.45, 7) is 1.97. The molecule has 2 aromatic heterocycles. The number of rotatable bonds is 7. The Bertz CT molecular complexity index is 1310. The number of H-pyrrole nitrogens is 1. The van der Waals surface area contributed by atoms with Crippen molar-refractivity contribution in [3.05, 3.63) is 65.0 Å². The third kappa shape index (κ3) is 5.31. The summed E-state index contributed by atoms with van der Waals surface area (Å²) in [5.74, 6) is -2.30. The number of nitrogens with zero attached hydrogens (tertiary/aromatic N) is 2. The number of aromatic amines is 1. The number of hydrogen-bond acceptors (Lipinski definition) is 5. The van der Waals surface area contributed by atoms with Crippen LogP contribution in [0.4, 0.5) is 23.7 Å². The van der Waals surface area contributed by atoms with Crippen LogP contribution in [-0.4, -0.2) is 41.5 Å². The van der Waals surface area contributed by atoms with Gasteiger partial charge in [-0.25, -0.2) is 0 Å². The quantitative estimate of drug-likeness (QED) is 0.262. The van der Waals surface area contributed by atoms with Crippen molar-refractivity contribution in [1.29, 1.82) is 0 Å². The Labute approximate surface area is 200 Å². The molecule has 4 rings (SSSR count). The molecule has 7 nitrogen and oxygen atoms in total. The van der Waals surface area contributed by atoms with Crippen LogP contribution in [-0.2, 0) is 10.0 Å². The van der Waals surface area contributed by atoms with E-state index in [0.29, 0.717) is 22.1 Å². The molecular formula is C22H19AsF3N4O3S+. The molecule has 0 bridgehead atoms. The van der Waals surface area contributed by atoms with Crippen molar-refractivity contribution in [3.8, 4) is 11.5 Å². The van der Waals surface area contributed by atoms with Gasteiger partial charge in [0.1, 0.15) is 0 Å². The molecule has 176 valence electrons. The Balaban J connectivity index is 1.65. The van der Waals surface area contributed by atoms with Gasteiger partial charge in [0.25, 0.3) is 0 Å². The first-order valence-corrected chi connectivity index (χ1v) is 14.7. The van der Waals surface area contributed by atoms with Crippen molar-refractivity contribution in [1.82, 2.24) is 9.97 Å². The predicted octanol–water partition coefficient (Wildman–Crippen LogP) is 4.51. The van der Waals surface area contributed by atoms with E-state index < -0.39 is 26.8 Å². The molecule has 0 aliphatic carbocycles.